The quantitative estimate of drug-likeness (QED) is 0.741. The highest BCUT2D eigenvalue weighted by Gasteiger charge is 2.27. The molecule has 0 saturated heterocycles. The first kappa shape index (κ1) is 20.7. The van der Waals surface area contributed by atoms with Gasteiger partial charge in [-0.3, -0.25) is 9.59 Å². The van der Waals surface area contributed by atoms with Crippen LogP contribution in [0.25, 0.3) is 0 Å². The number of benzene rings is 2. The van der Waals surface area contributed by atoms with Crippen molar-refractivity contribution in [3.05, 3.63) is 71.8 Å². The molecule has 0 aliphatic heterocycles. The molecule has 0 aliphatic carbocycles. The summed E-state index contributed by atoms with van der Waals surface area (Å²) in [6.45, 7) is 1.97. The van der Waals surface area contributed by atoms with Crippen LogP contribution in [0.1, 0.15) is 22.8 Å². The van der Waals surface area contributed by atoms with E-state index < -0.39 is 18.1 Å². The Hall–Kier alpha value is -2.37. The van der Waals surface area contributed by atoms with Crippen molar-refractivity contribution in [2.24, 2.45) is 5.73 Å². The summed E-state index contributed by atoms with van der Waals surface area (Å²) in [5, 5.41) is 2.86. The van der Waals surface area contributed by atoms with E-state index in [1.807, 2.05) is 36.4 Å². The van der Waals surface area contributed by atoms with Gasteiger partial charge in [0, 0.05) is 5.56 Å². The maximum absolute atomic E-state index is 12.4. The van der Waals surface area contributed by atoms with Gasteiger partial charge in [0.25, 0.3) is 5.91 Å². The van der Waals surface area contributed by atoms with Crippen molar-refractivity contribution in [1.29, 1.82) is 0 Å². The molecule has 5 nitrogen and oxygen atoms in total. The molecule has 6 heteroatoms. The number of amides is 1. The van der Waals surface area contributed by atoms with E-state index in [-0.39, 0.29) is 24.9 Å². The maximum Gasteiger partial charge on any atom is 0.325 e. The smallest absolute Gasteiger partial charge is 0.325 e. The highest BCUT2D eigenvalue weighted by Crippen LogP contribution is 2.08. The van der Waals surface area contributed by atoms with E-state index in [1.54, 1.807) is 31.2 Å². The summed E-state index contributed by atoms with van der Waals surface area (Å²) in [6.07, 6.45) is 0.444. The minimum atomic E-state index is -0.933. The highest BCUT2D eigenvalue weighted by atomic mass is 35.5. The maximum atomic E-state index is 12.4. The molecule has 2 aromatic rings. The summed E-state index contributed by atoms with van der Waals surface area (Å²) in [7, 11) is 0. The summed E-state index contributed by atoms with van der Waals surface area (Å²) in [5.74, 6) is -0.789. The Morgan fingerprint density at radius 2 is 1.60 bits per heavy atom. The van der Waals surface area contributed by atoms with Crippen molar-refractivity contribution in [3.8, 4) is 0 Å². The molecule has 0 heterocycles. The zero-order chi connectivity index (χ0) is 17.4. The summed E-state index contributed by atoms with van der Waals surface area (Å²) < 4.78 is 4.99. The first-order chi connectivity index (χ1) is 11.6. The van der Waals surface area contributed by atoms with Crippen LogP contribution in [0.5, 0.6) is 0 Å². The lowest BCUT2D eigenvalue weighted by Gasteiger charge is -2.24. The second-order valence-corrected chi connectivity index (χ2v) is 5.41. The molecule has 2 unspecified atom stereocenters. The Bertz CT molecular complexity index is 665. The van der Waals surface area contributed by atoms with Gasteiger partial charge in [-0.2, -0.15) is 0 Å². The lowest BCUT2D eigenvalue weighted by molar-refractivity contribution is -0.145. The summed E-state index contributed by atoms with van der Waals surface area (Å²) >= 11 is 0. The number of ether oxygens (including phenoxy) is 1. The zero-order valence-electron chi connectivity index (χ0n) is 14.1. The lowest BCUT2D eigenvalue weighted by Crippen LogP contribution is -2.53. The number of carbonyl (C=O) groups excluding carboxylic acids is 2. The molecule has 2 atom stereocenters. The third kappa shape index (κ3) is 6.21. The molecular formula is C19H23ClN2O3. The molecule has 134 valence electrons. The predicted octanol–water partition coefficient (Wildman–Crippen LogP) is 2.34. The van der Waals surface area contributed by atoms with E-state index in [4.69, 9.17) is 10.5 Å². The molecule has 2 aromatic carbocycles. The van der Waals surface area contributed by atoms with Crippen LogP contribution in [0.4, 0.5) is 0 Å². The first-order valence-corrected chi connectivity index (χ1v) is 7.94. The minimum absolute atomic E-state index is 0. The monoisotopic (exact) mass is 362 g/mol. The number of rotatable bonds is 7. The summed E-state index contributed by atoms with van der Waals surface area (Å²) in [6, 6.07) is 16.9. The van der Waals surface area contributed by atoms with Crippen molar-refractivity contribution in [1.82, 2.24) is 5.32 Å². The molecular weight excluding hydrogens is 340 g/mol. The van der Waals surface area contributed by atoms with Gasteiger partial charge in [-0.1, -0.05) is 48.5 Å². The molecule has 0 bridgehead atoms. The summed E-state index contributed by atoms with van der Waals surface area (Å²) in [4.78, 5) is 24.4. The van der Waals surface area contributed by atoms with Crippen LogP contribution in [0.3, 0.4) is 0 Å². The van der Waals surface area contributed by atoms with Gasteiger partial charge in [0.2, 0.25) is 0 Å². The number of hydrogen-bond donors (Lipinski definition) is 2. The number of nitrogens with two attached hydrogens (primary N) is 1. The number of carbonyl (C=O) groups is 2. The molecule has 25 heavy (non-hydrogen) atoms. The summed E-state index contributed by atoms with van der Waals surface area (Å²) in [5.41, 5.74) is 7.53. The fourth-order valence-corrected chi connectivity index (χ4v) is 2.38. The van der Waals surface area contributed by atoms with Crippen LogP contribution < -0.4 is 11.1 Å². The van der Waals surface area contributed by atoms with Crippen molar-refractivity contribution in [3.63, 3.8) is 0 Å². The Kier molecular flexibility index (Phi) is 8.67. The zero-order valence-corrected chi connectivity index (χ0v) is 14.9. The van der Waals surface area contributed by atoms with Gasteiger partial charge in [-0.25, -0.2) is 0 Å². The topological polar surface area (TPSA) is 81.4 Å². The Labute approximate surface area is 154 Å². The number of halogens is 1. The van der Waals surface area contributed by atoms with E-state index in [9.17, 15) is 9.59 Å². The van der Waals surface area contributed by atoms with Crippen LogP contribution in [-0.4, -0.2) is 30.6 Å². The van der Waals surface area contributed by atoms with E-state index in [0.717, 1.165) is 5.56 Å². The molecule has 1 amide bonds. The van der Waals surface area contributed by atoms with Gasteiger partial charge in [0.15, 0.2) is 0 Å². The van der Waals surface area contributed by atoms with Crippen molar-refractivity contribution in [2.75, 3.05) is 6.61 Å². The minimum Gasteiger partial charge on any atom is -0.465 e. The number of esters is 1. The number of nitrogens with one attached hydrogen (secondary N) is 1. The molecule has 0 saturated carbocycles. The van der Waals surface area contributed by atoms with E-state index in [1.165, 1.54) is 0 Å². The van der Waals surface area contributed by atoms with Gasteiger partial charge in [0.05, 0.1) is 12.6 Å². The predicted molar refractivity (Wildman–Crippen MR) is 99.7 cm³/mol. The van der Waals surface area contributed by atoms with Gasteiger partial charge in [0.1, 0.15) is 6.04 Å². The third-order valence-corrected chi connectivity index (χ3v) is 3.64. The normalized spacial score (nSPS) is 12.4. The number of hydrogen-bond acceptors (Lipinski definition) is 4. The van der Waals surface area contributed by atoms with Gasteiger partial charge in [-0.05, 0) is 31.0 Å². The SMILES string of the molecule is CCOC(=O)C(N)C(Cc1ccccc1)NC(=O)c1ccccc1.Cl. The van der Waals surface area contributed by atoms with Gasteiger partial charge < -0.3 is 15.8 Å². The van der Waals surface area contributed by atoms with Gasteiger partial charge in [-0.15, -0.1) is 12.4 Å². The average Bonchev–Trinajstić information content (AvgIpc) is 2.62. The average molecular weight is 363 g/mol. The highest BCUT2D eigenvalue weighted by molar-refractivity contribution is 5.94. The molecule has 0 radical (unpaired) electrons. The van der Waals surface area contributed by atoms with Crippen LogP contribution in [0, 0.1) is 0 Å². The molecule has 3 N–H and O–H groups in total. The van der Waals surface area contributed by atoms with Crippen molar-refractivity contribution >= 4 is 24.3 Å². The van der Waals surface area contributed by atoms with E-state index >= 15 is 0 Å². The fourth-order valence-electron chi connectivity index (χ4n) is 2.38. The van der Waals surface area contributed by atoms with Crippen LogP contribution in [0.2, 0.25) is 0 Å². The Balaban J connectivity index is 0.00000312. The van der Waals surface area contributed by atoms with Crippen molar-refractivity contribution < 1.29 is 14.3 Å². The molecule has 0 fully saturated rings. The lowest BCUT2D eigenvalue weighted by atomic mass is 9.99. The fraction of sp³-hybridized carbons (Fsp3) is 0.263. The molecule has 0 aromatic heterocycles. The van der Waals surface area contributed by atoms with E-state index in [2.05, 4.69) is 5.32 Å². The molecule has 0 spiro atoms. The first-order valence-electron chi connectivity index (χ1n) is 7.94. The van der Waals surface area contributed by atoms with Crippen LogP contribution >= 0.6 is 12.4 Å². The van der Waals surface area contributed by atoms with E-state index in [0.29, 0.717) is 12.0 Å². The largest absolute Gasteiger partial charge is 0.465 e. The van der Waals surface area contributed by atoms with Crippen LogP contribution in [-0.2, 0) is 16.0 Å². The standard InChI is InChI=1S/C19H22N2O3.ClH/c1-2-24-19(23)17(20)16(13-14-9-5-3-6-10-14)21-18(22)15-11-7-4-8-12-15;/h3-12,16-17H,2,13,20H2,1H3,(H,21,22);1H. The Morgan fingerprint density at radius 3 is 2.16 bits per heavy atom. The molecule has 0 aliphatic rings. The Morgan fingerprint density at radius 1 is 1.04 bits per heavy atom. The second kappa shape index (κ2) is 10.5. The van der Waals surface area contributed by atoms with Crippen molar-refractivity contribution in [2.45, 2.75) is 25.4 Å². The molecule has 2 rings (SSSR count). The third-order valence-electron chi connectivity index (χ3n) is 3.64. The van der Waals surface area contributed by atoms with Gasteiger partial charge >= 0.3 is 5.97 Å². The van der Waals surface area contributed by atoms with Crippen LogP contribution in [0.15, 0.2) is 60.7 Å². The second-order valence-electron chi connectivity index (χ2n) is 5.41.